The van der Waals surface area contributed by atoms with Gasteiger partial charge >= 0.3 is 0 Å². The van der Waals surface area contributed by atoms with E-state index in [1.54, 1.807) is 6.20 Å². The van der Waals surface area contributed by atoms with Gasteiger partial charge in [0.1, 0.15) is 5.82 Å². The number of benzene rings is 1. The Morgan fingerprint density at radius 1 is 1.00 bits per heavy atom. The summed E-state index contributed by atoms with van der Waals surface area (Å²) in [6.07, 6.45) is 20.1. The molecule has 1 aromatic carbocycles. The van der Waals surface area contributed by atoms with Gasteiger partial charge in [-0.1, -0.05) is 69.7 Å². The Morgan fingerprint density at radius 3 is 2.08 bits per heavy atom. The van der Waals surface area contributed by atoms with Gasteiger partial charge in [0.2, 0.25) is 0 Å². The summed E-state index contributed by atoms with van der Waals surface area (Å²) in [5, 5.41) is 4.10. The van der Waals surface area contributed by atoms with Gasteiger partial charge in [-0.25, -0.2) is 9.97 Å². The Morgan fingerprint density at radius 2 is 1.62 bits per heavy atom. The van der Waals surface area contributed by atoms with E-state index in [1.807, 2.05) is 58.6 Å². The lowest BCUT2D eigenvalue weighted by atomic mass is 10.0. The molecule has 214 valence electrons. The molecule has 0 fully saturated rings. The van der Waals surface area contributed by atoms with Crippen LogP contribution < -0.4 is 0 Å². The van der Waals surface area contributed by atoms with Gasteiger partial charge in [-0.3, -0.25) is 9.67 Å². The van der Waals surface area contributed by atoms with Crippen molar-refractivity contribution < 1.29 is 0 Å². The topological polar surface area (TPSA) is 56.0 Å². The van der Waals surface area contributed by atoms with E-state index in [2.05, 4.69) is 105 Å². The smallest absolute Gasteiger partial charge is 0.125 e. The van der Waals surface area contributed by atoms with Crippen LogP contribution in [-0.4, -0.2) is 25.5 Å². The van der Waals surface area contributed by atoms with Crippen LogP contribution in [0.2, 0.25) is 0 Å². The summed E-state index contributed by atoms with van der Waals surface area (Å²) in [5.41, 5.74) is 10.1. The van der Waals surface area contributed by atoms with Crippen molar-refractivity contribution in [2.75, 3.05) is 0 Å². The van der Waals surface area contributed by atoms with E-state index in [0.717, 1.165) is 46.9 Å². The van der Waals surface area contributed by atoms with Crippen molar-refractivity contribution in [3.05, 3.63) is 100 Å². The van der Waals surface area contributed by atoms with E-state index < -0.39 is 0 Å². The molecule has 0 saturated heterocycles. The maximum atomic E-state index is 4.98. The van der Waals surface area contributed by atoms with Crippen LogP contribution in [0.25, 0.3) is 11.3 Å². The van der Waals surface area contributed by atoms with Gasteiger partial charge in [-0.15, -0.1) is 12.8 Å². The van der Waals surface area contributed by atoms with Crippen molar-refractivity contribution >= 4 is 17.0 Å². The number of terminal acetylenes is 1. The summed E-state index contributed by atoms with van der Waals surface area (Å²) in [4.78, 5) is 13.8. The van der Waals surface area contributed by atoms with Crippen LogP contribution in [0.1, 0.15) is 88.8 Å². The van der Waals surface area contributed by atoms with Crippen LogP contribution in [0.15, 0.2) is 71.5 Å². The number of allylic oxidation sites excluding steroid dienone is 5. The molecule has 0 unspecified atom stereocenters. The van der Waals surface area contributed by atoms with Gasteiger partial charge in [0.05, 0.1) is 17.6 Å². The predicted molar refractivity (Wildman–Crippen MR) is 175 cm³/mol. The Labute approximate surface area is 243 Å². The molecule has 0 N–H and O–H groups in total. The van der Waals surface area contributed by atoms with Crippen molar-refractivity contribution in [3.63, 3.8) is 0 Å². The van der Waals surface area contributed by atoms with Gasteiger partial charge < -0.3 is 0 Å². The minimum atomic E-state index is 0.761. The lowest BCUT2D eigenvalue weighted by molar-refractivity contribution is 0.738. The van der Waals surface area contributed by atoms with Crippen LogP contribution in [-0.2, 0) is 13.5 Å². The highest BCUT2D eigenvalue weighted by molar-refractivity contribution is 6.01. The minimum Gasteiger partial charge on any atom is -0.273 e. The molecular weight excluding hydrogens is 490 g/mol. The lowest BCUT2D eigenvalue weighted by Gasteiger charge is -2.10. The highest BCUT2D eigenvalue weighted by atomic mass is 15.3. The number of rotatable bonds is 7. The molecule has 5 nitrogen and oxygen atoms in total. The molecule has 40 heavy (non-hydrogen) atoms. The quantitative estimate of drug-likeness (QED) is 0.171. The SMILES string of the molecule is C#C.CC.CCc1cnn(C)c1C.C\C=C/C(=C\C(C)=N\C(=C(/C)c1ccnc(C)n1)c1ccc(C)cc1)CC. The van der Waals surface area contributed by atoms with Gasteiger partial charge in [0, 0.05) is 35.8 Å². The van der Waals surface area contributed by atoms with Crippen LogP contribution in [0.3, 0.4) is 0 Å². The molecule has 0 aliphatic heterocycles. The number of aromatic nitrogens is 4. The van der Waals surface area contributed by atoms with Crippen LogP contribution >= 0.6 is 0 Å². The normalized spacial score (nSPS) is 11.8. The second-order valence-electron chi connectivity index (χ2n) is 8.89. The first kappa shape index (κ1) is 36.0. The Bertz CT molecular complexity index is 1300. The van der Waals surface area contributed by atoms with E-state index in [-0.39, 0.29) is 0 Å². The van der Waals surface area contributed by atoms with Crippen LogP contribution in [0.4, 0.5) is 0 Å². The molecular formula is C35H49N5. The lowest BCUT2D eigenvalue weighted by Crippen LogP contribution is -1.97. The molecule has 0 atom stereocenters. The number of hydrogen-bond acceptors (Lipinski definition) is 4. The maximum Gasteiger partial charge on any atom is 0.125 e. The Balaban J connectivity index is 0.000000974. The fourth-order valence-electron chi connectivity index (χ4n) is 3.71. The zero-order valence-corrected chi connectivity index (χ0v) is 26.6. The third-order valence-corrected chi connectivity index (χ3v) is 6.03. The van der Waals surface area contributed by atoms with Gasteiger partial charge in [-0.2, -0.15) is 5.10 Å². The summed E-state index contributed by atoms with van der Waals surface area (Å²) >= 11 is 0. The van der Waals surface area contributed by atoms with Crippen LogP contribution in [0, 0.1) is 33.6 Å². The Hall–Kier alpha value is -4.04. The molecule has 0 radical (unpaired) electrons. The van der Waals surface area contributed by atoms with Crippen molar-refractivity contribution in [3.8, 4) is 12.8 Å². The molecule has 3 aromatic rings. The molecule has 3 rings (SSSR count). The maximum absolute atomic E-state index is 4.98. The average Bonchev–Trinajstić information content (AvgIpc) is 3.31. The minimum absolute atomic E-state index is 0.761. The third-order valence-electron chi connectivity index (χ3n) is 6.03. The number of aliphatic imine (C=N–C) groups is 1. The molecule has 2 heterocycles. The number of aryl methyl sites for hydroxylation is 4. The summed E-state index contributed by atoms with van der Waals surface area (Å²) < 4.78 is 1.90. The zero-order valence-electron chi connectivity index (χ0n) is 26.6. The van der Waals surface area contributed by atoms with E-state index in [9.17, 15) is 0 Å². The standard InChI is InChI=1S/C24H29N3.C7H12N2.C2H6.C2H2/c1-7-9-21(8-2)16-18(4)26-24(22-12-10-17(3)11-13-22)19(5)23-14-15-25-20(6)27-23;1-4-7-5-8-9(3)6(7)2;2*1-2/h7,9-16H,8H2,1-6H3;5H,4H2,1-3H3;1-2H3;1-2H/b9-7-,21-16-,24-19+,26-18+;;;. The van der Waals surface area contributed by atoms with E-state index in [1.165, 1.54) is 22.4 Å². The number of nitrogens with zero attached hydrogens (tertiary/aromatic N) is 5. The highest BCUT2D eigenvalue weighted by Gasteiger charge is 2.09. The van der Waals surface area contributed by atoms with Crippen molar-refractivity contribution in [2.45, 2.75) is 82.1 Å². The fourth-order valence-corrected chi connectivity index (χ4v) is 3.71. The largest absolute Gasteiger partial charge is 0.273 e. The molecule has 5 heteroatoms. The summed E-state index contributed by atoms with van der Waals surface area (Å²) in [5.74, 6) is 0.761. The van der Waals surface area contributed by atoms with E-state index >= 15 is 0 Å². The molecule has 0 bridgehead atoms. The van der Waals surface area contributed by atoms with Crippen molar-refractivity contribution in [1.29, 1.82) is 0 Å². The molecule has 0 amide bonds. The van der Waals surface area contributed by atoms with Crippen molar-refractivity contribution in [2.24, 2.45) is 12.0 Å². The van der Waals surface area contributed by atoms with E-state index in [0.29, 0.717) is 0 Å². The average molecular weight is 540 g/mol. The monoisotopic (exact) mass is 539 g/mol. The van der Waals surface area contributed by atoms with Gasteiger partial charge in [0.25, 0.3) is 0 Å². The molecule has 0 aliphatic carbocycles. The van der Waals surface area contributed by atoms with Crippen LogP contribution in [0.5, 0.6) is 0 Å². The second-order valence-corrected chi connectivity index (χ2v) is 8.89. The first-order valence-electron chi connectivity index (χ1n) is 14.0. The van der Waals surface area contributed by atoms with Crippen molar-refractivity contribution in [1.82, 2.24) is 19.7 Å². The molecule has 0 aliphatic rings. The van der Waals surface area contributed by atoms with E-state index in [4.69, 9.17) is 4.99 Å². The molecule has 2 aromatic heterocycles. The van der Waals surface area contributed by atoms with Gasteiger partial charge in [-0.05, 0) is 77.7 Å². The first-order chi connectivity index (χ1) is 19.2. The third kappa shape index (κ3) is 11.8. The first-order valence-corrected chi connectivity index (χ1v) is 14.0. The van der Waals surface area contributed by atoms with Gasteiger partial charge in [0.15, 0.2) is 0 Å². The molecule has 0 saturated carbocycles. The highest BCUT2D eigenvalue weighted by Crippen LogP contribution is 2.27. The fraction of sp³-hybridized carbons (Fsp3) is 0.371. The summed E-state index contributed by atoms with van der Waals surface area (Å²) in [7, 11) is 1.97. The summed E-state index contributed by atoms with van der Waals surface area (Å²) in [6.45, 7) is 20.5. The second kappa shape index (κ2) is 19.9. The summed E-state index contributed by atoms with van der Waals surface area (Å²) in [6, 6.07) is 10.4. The Kier molecular flexibility index (Phi) is 17.9. The molecule has 0 spiro atoms. The predicted octanol–water partition coefficient (Wildman–Crippen LogP) is 8.92. The number of hydrogen-bond donors (Lipinski definition) is 0. The zero-order chi connectivity index (χ0) is 30.7.